The van der Waals surface area contributed by atoms with Crippen LogP contribution in [-0.2, 0) is 9.31 Å². The molecule has 26 heavy (non-hydrogen) atoms. The molecular weight excluding hydrogens is 342 g/mol. The fourth-order valence-corrected chi connectivity index (χ4v) is 6.22. The molecule has 0 bridgehead atoms. The minimum Gasteiger partial charge on any atom is -0.399 e. The van der Waals surface area contributed by atoms with Crippen LogP contribution in [0.25, 0.3) is 6.08 Å². The number of benzene rings is 1. The highest BCUT2D eigenvalue weighted by atomic mass is 28.3. The van der Waals surface area contributed by atoms with Crippen LogP contribution in [0.1, 0.15) is 65.1 Å². The Bertz CT molecular complexity index is 746. The third-order valence-corrected chi connectivity index (χ3v) is 13.2. The molecule has 0 aromatic heterocycles. The lowest BCUT2D eigenvalue weighted by molar-refractivity contribution is 0.00578. The van der Waals surface area contributed by atoms with E-state index in [1.807, 2.05) is 33.8 Å². The summed E-state index contributed by atoms with van der Waals surface area (Å²) < 4.78 is 27.2. The summed E-state index contributed by atoms with van der Waals surface area (Å²) in [5.41, 5.74) is 2.15. The van der Waals surface area contributed by atoms with Crippen molar-refractivity contribution in [2.75, 3.05) is 0 Å². The molecule has 0 amide bonds. The molecule has 3 rings (SSSR count). The van der Waals surface area contributed by atoms with Crippen LogP contribution < -0.4 is 5.46 Å². The zero-order chi connectivity index (χ0) is 19.7. The zero-order valence-electron chi connectivity index (χ0n) is 17.7. The molecule has 2 aliphatic rings. The summed E-state index contributed by atoms with van der Waals surface area (Å²) in [4.78, 5) is 0. The Morgan fingerprint density at radius 3 is 2.08 bits per heavy atom. The van der Waals surface area contributed by atoms with Crippen LogP contribution in [0.4, 0.5) is 4.39 Å². The fraction of sp³-hybridized carbons (Fsp3) is 0.619. The quantitative estimate of drug-likeness (QED) is 0.656. The molecule has 1 saturated heterocycles. The first kappa shape index (κ1) is 19.8. The molecule has 1 atom stereocenters. The van der Waals surface area contributed by atoms with Crippen LogP contribution >= 0.6 is 0 Å². The topological polar surface area (TPSA) is 18.5 Å². The Morgan fingerprint density at radius 1 is 1.04 bits per heavy atom. The summed E-state index contributed by atoms with van der Waals surface area (Å²) in [7, 11) is -2.32. The van der Waals surface area contributed by atoms with Gasteiger partial charge >= 0.3 is 7.12 Å². The highest BCUT2D eigenvalue weighted by molar-refractivity contribution is 6.82. The average molecular weight is 374 g/mol. The van der Waals surface area contributed by atoms with Gasteiger partial charge in [0.15, 0.2) is 0 Å². The number of halogens is 1. The number of hydrogen-bond donors (Lipinski definition) is 0. The largest absolute Gasteiger partial charge is 0.498 e. The van der Waals surface area contributed by atoms with Crippen molar-refractivity contribution in [1.29, 1.82) is 0 Å². The van der Waals surface area contributed by atoms with Crippen molar-refractivity contribution in [2.24, 2.45) is 0 Å². The highest BCUT2D eigenvalue weighted by Gasteiger charge is 2.54. The van der Waals surface area contributed by atoms with Crippen molar-refractivity contribution in [3.63, 3.8) is 0 Å². The molecule has 1 fully saturated rings. The summed E-state index contributed by atoms with van der Waals surface area (Å²) in [5.74, 6) is -0.247. The smallest absolute Gasteiger partial charge is 0.399 e. The van der Waals surface area contributed by atoms with Crippen molar-refractivity contribution in [1.82, 2.24) is 0 Å². The lowest BCUT2D eigenvalue weighted by Crippen LogP contribution is -2.44. The molecule has 0 saturated carbocycles. The molecule has 5 heteroatoms. The maximum Gasteiger partial charge on any atom is 0.498 e. The first-order chi connectivity index (χ1) is 11.7. The Balaban J connectivity index is 2.07. The Kier molecular flexibility index (Phi) is 4.42. The molecular formula is C21H32BFO2Si. The van der Waals surface area contributed by atoms with Crippen LogP contribution in [0.5, 0.6) is 0 Å². The second-order valence-corrected chi connectivity index (χ2v) is 15.9. The summed E-state index contributed by atoms with van der Waals surface area (Å²) in [5, 5.41) is 0.252. The molecule has 1 heterocycles. The van der Waals surface area contributed by atoms with Gasteiger partial charge in [0.25, 0.3) is 0 Å². The van der Waals surface area contributed by atoms with Crippen LogP contribution in [0.3, 0.4) is 0 Å². The SMILES string of the molecule is CC1(C)OB(c2c(F)ccc3c2C=CC3[Si](C)(C)C(C)(C)C)OC1(C)C. The Morgan fingerprint density at radius 2 is 1.58 bits per heavy atom. The second kappa shape index (κ2) is 5.79. The minimum atomic E-state index is -1.65. The van der Waals surface area contributed by atoms with Gasteiger partial charge in [-0.15, -0.1) is 0 Å². The van der Waals surface area contributed by atoms with Gasteiger partial charge in [0.2, 0.25) is 0 Å². The van der Waals surface area contributed by atoms with Crippen molar-refractivity contribution >= 4 is 26.7 Å². The van der Waals surface area contributed by atoms with Crippen LogP contribution in [0, 0.1) is 5.82 Å². The van der Waals surface area contributed by atoms with Gasteiger partial charge in [0.05, 0.1) is 19.3 Å². The van der Waals surface area contributed by atoms with E-state index >= 15 is 0 Å². The monoisotopic (exact) mass is 374 g/mol. The van der Waals surface area contributed by atoms with E-state index in [1.54, 1.807) is 6.07 Å². The van der Waals surface area contributed by atoms with E-state index in [0.29, 0.717) is 11.0 Å². The summed E-state index contributed by atoms with van der Waals surface area (Å²) >= 11 is 0. The van der Waals surface area contributed by atoms with Gasteiger partial charge in [-0.1, -0.05) is 52.1 Å². The third-order valence-electron chi connectivity index (χ3n) is 7.26. The molecule has 1 aliphatic heterocycles. The van der Waals surface area contributed by atoms with Crippen molar-refractivity contribution < 1.29 is 13.7 Å². The molecule has 0 radical (unpaired) electrons. The number of rotatable bonds is 2. The van der Waals surface area contributed by atoms with Crippen molar-refractivity contribution in [3.05, 3.63) is 35.2 Å². The van der Waals surface area contributed by atoms with E-state index in [-0.39, 0.29) is 10.9 Å². The predicted octanol–water partition coefficient (Wildman–Crippen LogP) is 5.28. The minimum absolute atomic E-state index is 0.247. The lowest BCUT2D eigenvalue weighted by Gasteiger charge is -2.41. The molecule has 142 valence electrons. The molecule has 1 aliphatic carbocycles. The molecule has 2 nitrogen and oxygen atoms in total. The van der Waals surface area contributed by atoms with E-state index in [4.69, 9.17) is 9.31 Å². The van der Waals surface area contributed by atoms with Crippen LogP contribution in [0.2, 0.25) is 18.1 Å². The van der Waals surface area contributed by atoms with Gasteiger partial charge < -0.3 is 9.31 Å². The number of allylic oxidation sites excluding steroid dienone is 1. The Labute approximate surface area is 159 Å². The van der Waals surface area contributed by atoms with E-state index in [2.05, 4.69) is 46.0 Å². The van der Waals surface area contributed by atoms with Gasteiger partial charge in [-0.3, -0.25) is 0 Å². The Hall–Kier alpha value is -0.908. The first-order valence-corrected chi connectivity index (χ1v) is 12.6. The van der Waals surface area contributed by atoms with Gasteiger partial charge in [-0.05, 0) is 55.5 Å². The normalized spacial score (nSPS) is 24.2. The second-order valence-electron chi connectivity index (χ2n) is 10.4. The zero-order valence-corrected chi connectivity index (χ0v) is 18.7. The standard InChI is InChI=1S/C21H32BFO2Si/c1-19(2,3)26(8,9)17-13-11-15-14(17)10-12-16(23)18(15)22-24-20(4,5)21(6,7)25-22/h10-13,17H,1-9H3. The first-order valence-electron chi connectivity index (χ1n) is 9.55. The predicted molar refractivity (Wildman–Crippen MR) is 111 cm³/mol. The van der Waals surface area contributed by atoms with Gasteiger partial charge in [0, 0.05) is 5.46 Å². The van der Waals surface area contributed by atoms with Crippen molar-refractivity contribution in [3.8, 4) is 0 Å². The molecule has 1 aromatic rings. The van der Waals surface area contributed by atoms with Crippen LogP contribution in [-0.4, -0.2) is 26.4 Å². The maximum atomic E-state index is 14.9. The average Bonchev–Trinajstić information content (AvgIpc) is 2.96. The van der Waals surface area contributed by atoms with E-state index in [1.165, 1.54) is 5.56 Å². The van der Waals surface area contributed by atoms with Crippen LogP contribution in [0.15, 0.2) is 18.2 Å². The highest BCUT2D eigenvalue weighted by Crippen LogP contribution is 2.48. The van der Waals surface area contributed by atoms with Gasteiger partial charge in [-0.2, -0.15) is 0 Å². The molecule has 0 spiro atoms. The molecule has 0 N–H and O–H groups in total. The summed E-state index contributed by atoms with van der Waals surface area (Å²) in [6.45, 7) is 19.8. The number of hydrogen-bond acceptors (Lipinski definition) is 2. The van der Waals surface area contributed by atoms with E-state index in [0.717, 1.165) is 5.56 Å². The van der Waals surface area contributed by atoms with Crippen molar-refractivity contribution in [2.45, 2.75) is 83.3 Å². The maximum absolute atomic E-state index is 14.9. The molecule has 1 aromatic carbocycles. The van der Waals surface area contributed by atoms with E-state index < -0.39 is 26.4 Å². The molecule has 1 unspecified atom stereocenters. The summed E-state index contributed by atoms with van der Waals surface area (Å²) in [6.07, 6.45) is 4.36. The lowest BCUT2D eigenvalue weighted by atomic mass is 9.74. The van der Waals surface area contributed by atoms with Gasteiger partial charge in [-0.25, -0.2) is 4.39 Å². The summed E-state index contributed by atoms with van der Waals surface area (Å²) in [6, 6.07) is 3.55. The number of fused-ring (bicyclic) bond motifs is 1. The van der Waals surface area contributed by atoms with Gasteiger partial charge in [0.1, 0.15) is 5.82 Å². The third kappa shape index (κ3) is 2.83. The van der Waals surface area contributed by atoms with E-state index in [9.17, 15) is 4.39 Å². The fourth-order valence-electron chi connectivity index (χ4n) is 3.68.